The van der Waals surface area contributed by atoms with Crippen molar-refractivity contribution in [3.8, 4) is 0 Å². The van der Waals surface area contributed by atoms with Crippen molar-refractivity contribution in [2.45, 2.75) is 47.1 Å². The second kappa shape index (κ2) is 8.58. The second-order valence-electron chi connectivity index (χ2n) is 7.82. The lowest BCUT2D eigenvalue weighted by Gasteiger charge is -2.37. The molecule has 1 aliphatic rings. The average Bonchev–Trinajstić information content (AvgIpc) is 3.02. The molecule has 0 radical (unpaired) electrons. The standard InChI is InChI=1S/C21H30N4O/c1-14(2)20-10-18(11-21-25-24-16(4)26-21)15(3)9-19(20)13-23-12-17-5-7-22-8-6-17/h5-9,14,18-20,23H,10-13H2,1-4H3/t18-,19+,20+/m1/s1. The molecule has 140 valence electrons. The van der Waals surface area contributed by atoms with Gasteiger partial charge in [-0.1, -0.05) is 25.5 Å². The summed E-state index contributed by atoms with van der Waals surface area (Å²) >= 11 is 0. The number of hydrogen-bond donors (Lipinski definition) is 1. The molecule has 3 atom stereocenters. The Hall–Kier alpha value is -2.01. The van der Waals surface area contributed by atoms with E-state index in [1.165, 1.54) is 17.6 Å². The van der Waals surface area contributed by atoms with Crippen LogP contribution in [0.25, 0.3) is 0 Å². The summed E-state index contributed by atoms with van der Waals surface area (Å²) in [6, 6.07) is 4.13. The quantitative estimate of drug-likeness (QED) is 0.763. The lowest BCUT2D eigenvalue weighted by atomic mass is 9.70. The van der Waals surface area contributed by atoms with Crippen molar-refractivity contribution < 1.29 is 4.42 Å². The molecule has 0 aliphatic heterocycles. The number of nitrogens with zero attached hydrogens (tertiary/aromatic N) is 3. The Morgan fingerprint density at radius 2 is 1.96 bits per heavy atom. The number of aryl methyl sites for hydroxylation is 1. The second-order valence-corrected chi connectivity index (χ2v) is 7.82. The Labute approximate surface area is 156 Å². The maximum atomic E-state index is 5.60. The predicted octanol–water partition coefficient (Wildman–Crippen LogP) is 3.96. The maximum Gasteiger partial charge on any atom is 0.217 e. The molecule has 1 aliphatic carbocycles. The summed E-state index contributed by atoms with van der Waals surface area (Å²) in [5.41, 5.74) is 2.73. The summed E-state index contributed by atoms with van der Waals surface area (Å²) in [6.45, 7) is 10.7. The third kappa shape index (κ3) is 4.79. The van der Waals surface area contributed by atoms with Crippen LogP contribution in [0.1, 0.15) is 44.5 Å². The maximum absolute atomic E-state index is 5.60. The highest BCUT2D eigenvalue weighted by Crippen LogP contribution is 2.38. The van der Waals surface area contributed by atoms with E-state index in [1.807, 2.05) is 19.3 Å². The van der Waals surface area contributed by atoms with Crippen LogP contribution >= 0.6 is 0 Å². The topological polar surface area (TPSA) is 63.8 Å². The van der Waals surface area contributed by atoms with Crippen molar-refractivity contribution in [3.05, 3.63) is 53.5 Å². The van der Waals surface area contributed by atoms with Crippen LogP contribution in [-0.2, 0) is 13.0 Å². The molecule has 0 unspecified atom stereocenters. The van der Waals surface area contributed by atoms with Gasteiger partial charge in [-0.15, -0.1) is 10.2 Å². The third-order valence-electron chi connectivity index (χ3n) is 5.53. The first-order chi connectivity index (χ1) is 12.5. The van der Waals surface area contributed by atoms with Crippen molar-refractivity contribution in [1.29, 1.82) is 0 Å². The minimum atomic E-state index is 0.499. The molecule has 2 aromatic rings. The minimum absolute atomic E-state index is 0.499. The number of allylic oxidation sites excluding steroid dienone is 1. The molecule has 1 N–H and O–H groups in total. The lowest BCUT2D eigenvalue weighted by molar-refractivity contribution is 0.218. The predicted molar refractivity (Wildman–Crippen MR) is 102 cm³/mol. The van der Waals surface area contributed by atoms with E-state index in [0.717, 1.165) is 25.4 Å². The summed E-state index contributed by atoms with van der Waals surface area (Å²) < 4.78 is 5.60. The van der Waals surface area contributed by atoms with E-state index in [0.29, 0.717) is 29.6 Å². The van der Waals surface area contributed by atoms with E-state index in [4.69, 9.17) is 4.42 Å². The van der Waals surface area contributed by atoms with E-state index < -0.39 is 0 Å². The zero-order valence-corrected chi connectivity index (χ0v) is 16.3. The van der Waals surface area contributed by atoms with Crippen molar-refractivity contribution in [2.75, 3.05) is 6.54 Å². The van der Waals surface area contributed by atoms with Crippen LogP contribution in [0, 0.1) is 30.6 Å². The van der Waals surface area contributed by atoms with E-state index in [-0.39, 0.29) is 0 Å². The number of rotatable bonds is 7. The van der Waals surface area contributed by atoms with Crippen LogP contribution in [0.3, 0.4) is 0 Å². The van der Waals surface area contributed by atoms with E-state index in [1.54, 1.807) is 0 Å². The molecule has 0 fully saturated rings. The van der Waals surface area contributed by atoms with Gasteiger partial charge in [-0.3, -0.25) is 4.98 Å². The fourth-order valence-electron chi connectivity index (χ4n) is 4.02. The SMILES string of the molecule is CC1=C[C@@H](CNCc2ccncc2)[C@H](C(C)C)C[C@@H]1Cc1nnc(C)o1. The molecule has 0 amide bonds. The van der Waals surface area contributed by atoms with Crippen LogP contribution in [0.2, 0.25) is 0 Å². The molecule has 0 saturated carbocycles. The summed E-state index contributed by atoms with van der Waals surface area (Å²) in [4.78, 5) is 4.08. The van der Waals surface area contributed by atoms with Gasteiger partial charge in [0.05, 0.1) is 0 Å². The largest absolute Gasteiger partial charge is 0.426 e. The van der Waals surface area contributed by atoms with Gasteiger partial charge in [0.1, 0.15) is 0 Å². The van der Waals surface area contributed by atoms with Gasteiger partial charge in [-0.25, -0.2) is 0 Å². The smallest absolute Gasteiger partial charge is 0.217 e. The highest BCUT2D eigenvalue weighted by Gasteiger charge is 2.32. The highest BCUT2D eigenvalue weighted by molar-refractivity contribution is 5.14. The highest BCUT2D eigenvalue weighted by atomic mass is 16.4. The molecule has 0 aromatic carbocycles. The summed E-state index contributed by atoms with van der Waals surface area (Å²) in [5.74, 6) is 3.79. The Kier molecular flexibility index (Phi) is 6.20. The molecule has 5 nitrogen and oxygen atoms in total. The molecule has 5 heteroatoms. The van der Waals surface area contributed by atoms with Crippen LogP contribution in [0.4, 0.5) is 0 Å². The first-order valence-electron chi connectivity index (χ1n) is 9.60. The molecule has 0 saturated heterocycles. The molecule has 3 rings (SSSR count). The Morgan fingerprint density at radius 3 is 2.62 bits per heavy atom. The van der Waals surface area contributed by atoms with Crippen molar-refractivity contribution in [2.24, 2.45) is 23.7 Å². The van der Waals surface area contributed by atoms with E-state index in [9.17, 15) is 0 Å². The zero-order valence-electron chi connectivity index (χ0n) is 16.3. The number of hydrogen-bond acceptors (Lipinski definition) is 5. The summed E-state index contributed by atoms with van der Waals surface area (Å²) in [7, 11) is 0. The van der Waals surface area contributed by atoms with Gasteiger partial charge in [-0.2, -0.15) is 0 Å². The Morgan fingerprint density at radius 1 is 1.19 bits per heavy atom. The molecular formula is C21H30N4O. The first-order valence-corrected chi connectivity index (χ1v) is 9.60. The first kappa shape index (κ1) is 18.8. The van der Waals surface area contributed by atoms with Crippen LogP contribution in [-0.4, -0.2) is 21.7 Å². The van der Waals surface area contributed by atoms with Crippen LogP contribution in [0.5, 0.6) is 0 Å². The van der Waals surface area contributed by atoms with E-state index >= 15 is 0 Å². The molecule has 0 spiro atoms. The minimum Gasteiger partial charge on any atom is -0.426 e. The van der Waals surface area contributed by atoms with Gasteiger partial charge in [0.2, 0.25) is 11.8 Å². The average molecular weight is 354 g/mol. The number of aromatic nitrogens is 3. The van der Waals surface area contributed by atoms with Gasteiger partial charge >= 0.3 is 0 Å². The van der Waals surface area contributed by atoms with Crippen LogP contribution in [0.15, 0.2) is 40.6 Å². The monoisotopic (exact) mass is 354 g/mol. The fourth-order valence-corrected chi connectivity index (χ4v) is 4.02. The Bertz CT molecular complexity index is 723. The number of nitrogens with one attached hydrogen (secondary N) is 1. The lowest BCUT2D eigenvalue weighted by Crippen LogP contribution is -2.34. The molecular weight excluding hydrogens is 324 g/mol. The van der Waals surface area contributed by atoms with Crippen molar-refractivity contribution >= 4 is 0 Å². The molecule has 26 heavy (non-hydrogen) atoms. The van der Waals surface area contributed by atoms with Gasteiger partial charge in [0.15, 0.2) is 0 Å². The number of pyridine rings is 1. The summed E-state index contributed by atoms with van der Waals surface area (Å²) in [6.07, 6.45) is 8.21. The third-order valence-corrected chi connectivity index (χ3v) is 5.53. The van der Waals surface area contributed by atoms with Crippen molar-refractivity contribution in [3.63, 3.8) is 0 Å². The van der Waals surface area contributed by atoms with Crippen LogP contribution < -0.4 is 5.32 Å². The van der Waals surface area contributed by atoms with Gasteiger partial charge < -0.3 is 9.73 Å². The Balaban J connectivity index is 1.63. The van der Waals surface area contributed by atoms with Gasteiger partial charge in [0.25, 0.3) is 0 Å². The van der Waals surface area contributed by atoms with E-state index in [2.05, 4.69) is 59.5 Å². The van der Waals surface area contributed by atoms with Gasteiger partial charge in [-0.05, 0) is 54.7 Å². The zero-order chi connectivity index (χ0) is 18.5. The molecule has 2 heterocycles. The fraction of sp³-hybridized carbons (Fsp3) is 0.571. The summed E-state index contributed by atoms with van der Waals surface area (Å²) in [5, 5.41) is 11.8. The molecule has 0 bridgehead atoms. The van der Waals surface area contributed by atoms with Gasteiger partial charge in [0, 0.05) is 38.8 Å². The normalized spacial score (nSPS) is 23.3. The molecule has 2 aromatic heterocycles. The van der Waals surface area contributed by atoms with Crippen molar-refractivity contribution in [1.82, 2.24) is 20.5 Å².